The van der Waals surface area contributed by atoms with Crippen molar-refractivity contribution in [2.24, 2.45) is 0 Å². The Kier molecular flexibility index (Phi) is 6.36. The predicted octanol–water partition coefficient (Wildman–Crippen LogP) is 2.56. The number of aliphatic carboxylic acids is 1. The molecule has 1 aromatic rings. The van der Waals surface area contributed by atoms with Crippen molar-refractivity contribution < 1.29 is 14.7 Å². The van der Waals surface area contributed by atoms with E-state index in [2.05, 4.69) is 27.9 Å². The first-order chi connectivity index (χ1) is 8.90. The summed E-state index contributed by atoms with van der Waals surface area (Å²) < 4.78 is 0.971. The molecule has 104 valence electrons. The van der Waals surface area contributed by atoms with Gasteiger partial charge in [0.2, 0.25) is 0 Å². The van der Waals surface area contributed by atoms with Crippen molar-refractivity contribution in [2.45, 2.75) is 13.0 Å². The molecule has 0 atom stereocenters. The molecule has 0 saturated heterocycles. The Labute approximate surface area is 130 Å². The first-order valence-corrected chi connectivity index (χ1v) is 7.00. The molecule has 2 amide bonds. The number of carboxylic acid groups (broad SMARTS) is 1. The van der Waals surface area contributed by atoms with Crippen LogP contribution in [0.15, 0.2) is 18.2 Å². The van der Waals surface area contributed by atoms with Crippen LogP contribution in [0.3, 0.4) is 0 Å². The quantitative estimate of drug-likeness (QED) is 0.752. The van der Waals surface area contributed by atoms with Crippen LogP contribution in [0.4, 0.5) is 4.79 Å². The van der Waals surface area contributed by atoms with Crippen molar-refractivity contribution in [1.82, 2.24) is 10.2 Å². The Hall–Kier alpha value is -1.02. The van der Waals surface area contributed by atoms with Crippen LogP contribution in [-0.2, 0) is 11.3 Å². The smallest absolute Gasteiger partial charge is 0.317 e. The average molecular weight is 397 g/mol. The first kappa shape index (κ1) is 16.0. The Morgan fingerprint density at radius 2 is 2.16 bits per heavy atom. The van der Waals surface area contributed by atoms with E-state index in [0.717, 1.165) is 9.13 Å². The molecule has 0 heterocycles. The van der Waals surface area contributed by atoms with E-state index >= 15 is 0 Å². The van der Waals surface area contributed by atoms with Gasteiger partial charge in [0.25, 0.3) is 0 Å². The SMILES string of the molecule is CN(CCC(=O)O)C(=O)NCc1ccc(Cl)cc1I. The second kappa shape index (κ2) is 7.54. The molecule has 0 spiro atoms. The number of rotatable bonds is 5. The fourth-order valence-corrected chi connectivity index (χ4v) is 2.40. The lowest BCUT2D eigenvalue weighted by atomic mass is 10.2. The highest BCUT2D eigenvalue weighted by atomic mass is 127. The molecular weight excluding hydrogens is 382 g/mol. The summed E-state index contributed by atoms with van der Waals surface area (Å²) in [5.41, 5.74) is 0.963. The number of hydrogen-bond acceptors (Lipinski definition) is 2. The zero-order valence-corrected chi connectivity index (χ0v) is 13.2. The summed E-state index contributed by atoms with van der Waals surface area (Å²) in [6, 6.07) is 5.13. The van der Waals surface area contributed by atoms with Gasteiger partial charge in [0.1, 0.15) is 0 Å². The average Bonchev–Trinajstić information content (AvgIpc) is 2.34. The number of halogens is 2. The fraction of sp³-hybridized carbons (Fsp3) is 0.333. The van der Waals surface area contributed by atoms with Gasteiger partial charge in [0, 0.05) is 28.7 Å². The monoisotopic (exact) mass is 396 g/mol. The van der Waals surface area contributed by atoms with Crippen LogP contribution in [0.5, 0.6) is 0 Å². The lowest BCUT2D eigenvalue weighted by Crippen LogP contribution is -2.38. The first-order valence-electron chi connectivity index (χ1n) is 5.55. The van der Waals surface area contributed by atoms with Crippen LogP contribution < -0.4 is 5.32 Å². The van der Waals surface area contributed by atoms with E-state index in [9.17, 15) is 9.59 Å². The third-order valence-electron chi connectivity index (χ3n) is 2.45. The van der Waals surface area contributed by atoms with Crippen molar-refractivity contribution in [3.8, 4) is 0 Å². The van der Waals surface area contributed by atoms with Gasteiger partial charge in [-0.15, -0.1) is 0 Å². The molecule has 19 heavy (non-hydrogen) atoms. The van der Waals surface area contributed by atoms with Gasteiger partial charge in [-0.05, 0) is 40.3 Å². The van der Waals surface area contributed by atoms with Gasteiger partial charge < -0.3 is 15.3 Å². The molecule has 7 heteroatoms. The largest absolute Gasteiger partial charge is 0.481 e. The second-order valence-electron chi connectivity index (χ2n) is 3.96. The molecule has 2 N–H and O–H groups in total. The number of hydrogen-bond donors (Lipinski definition) is 2. The van der Waals surface area contributed by atoms with Gasteiger partial charge in [-0.1, -0.05) is 17.7 Å². The highest BCUT2D eigenvalue weighted by Gasteiger charge is 2.10. The van der Waals surface area contributed by atoms with Crippen LogP contribution in [0, 0.1) is 3.57 Å². The minimum Gasteiger partial charge on any atom is -0.481 e. The molecule has 1 aromatic carbocycles. The predicted molar refractivity (Wildman–Crippen MR) is 81.3 cm³/mol. The van der Waals surface area contributed by atoms with Gasteiger partial charge in [0.15, 0.2) is 0 Å². The molecule has 0 aliphatic rings. The molecule has 0 unspecified atom stereocenters. The minimum absolute atomic E-state index is 0.0671. The standard InChI is InChI=1S/C12H14ClIN2O3/c1-16(5-4-11(17)18)12(19)15-7-8-2-3-9(13)6-10(8)14/h2-3,6H,4-5,7H2,1H3,(H,15,19)(H,17,18). The van der Waals surface area contributed by atoms with Gasteiger partial charge >= 0.3 is 12.0 Å². The van der Waals surface area contributed by atoms with Crippen LogP contribution in [0.1, 0.15) is 12.0 Å². The zero-order valence-electron chi connectivity index (χ0n) is 10.3. The third kappa shape index (κ3) is 5.65. The van der Waals surface area contributed by atoms with Crippen LogP contribution in [-0.4, -0.2) is 35.6 Å². The number of urea groups is 1. The minimum atomic E-state index is -0.924. The molecule has 0 saturated carbocycles. The van der Waals surface area contributed by atoms with E-state index in [0.29, 0.717) is 11.6 Å². The second-order valence-corrected chi connectivity index (χ2v) is 5.56. The summed E-state index contributed by atoms with van der Waals surface area (Å²) in [5, 5.41) is 11.9. The number of benzene rings is 1. The van der Waals surface area contributed by atoms with Crippen molar-refractivity contribution in [3.05, 3.63) is 32.4 Å². The number of carbonyl (C=O) groups is 2. The maximum Gasteiger partial charge on any atom is 0.317 e. The summed E-state index contributed by atoms with van der Waals surface area (Å²) in [6.45, 7) is 0.560. The summed E-state index contributed by atoms with van der Waals surface area (Å²) in [7, 11) is 1.56. The maximum absolute atomic E-state index is 11.7. The number of nitrogens with one attached hydrogen (secondary N) is 1. The van der Waals surface area contributed by atoms with E-state index < -0.39 is 5.97 Å². The van der Waals surface area contributed by atoms with Crippen LogP contribution in [0.2, 0.25) is 5.02 Å². The van der Waals surface area contributed by atoms with Crippen LogP contribution >= 0.6 is 34.2 Å². The Balaban J connectivity index is 2.47. The number of amides is 2. The number of carboxylic acids is 1. The normalized spacial score (nSPS) is 10.1. The highest BCUT2D eigenvalue weighted by Crippen LogP contribution is 2.17. The molecule has 0 aromatic heterocycles. The molecule has 0 fully saturated rings. The summed E-state index contributed by atoms with van der Waals surface area (Å²) >= 11 is 7.99. The molecule has 0 bridgehead atoms. The molecule has 5 nitrogen and oxygen atoms in total. The Bertz CT molecular complexity index is 482. The van der Waals surface area contributed by atoms with Crippen molar-refractivity contribution in [3.63, 3.8) is 0 Å². The van der Waals surface area contributed by atoms with E-state index in [1.54, 1.807) is 13.1 Å². The molecule has 0 radical (unpaired) electrons. The van der Waals surface area contributed by atoms with E-state index in [1.807, 2.05) is 12.1 Å². The lowest BCUT2D eigenvalue weighted by molar-refractivity contribution is -0.137. The van der Waals surface area contributed by atoms with E-state index in [1.165, 1.54) is 4.90 Å². The number of nitrogens with zero attached hydrogens (tertiary/aromatic N) is 1. The van der Waals surface area contributed by atoms with Crippen molar-refractivity contribution >= 4 is 46.2 Å². The zero-order chi connectivity index (χ0) is 14.4. The number of carbonyl (C=O) groups excluding carboxylic acids is 1. The van der Waals surface area contributed by atoms with Gasteiger partial charge in [-0.25, -0.2) is 4.79 Å². The van der Waals surface area contributed by atoms with E-state index in [4.69, 9.17) is 16.7 Å². The van der Waals surface area contributed by atoms with Crippen LogP contribution in [0.25, 0.3) is 0 Å². The molecule has 1 rings (SSSR count). The summed E-state index contributed by atoms with van der Waals surface area (Å²) in [5.74, 6) is -0.924. The van der Waals surface area contributed by atoms with Gasteiger partial charge in [0.05, 0.1) is 6.42 Å². The molecule has 0 aliphatic heterocycles. The molecular formula is C12H14ClIN2O3. The topological polar surface area (TPSA) is 69.6 Å². The lowest BCUT2D eigenvalue weighted by Gasteiger charge is -2.17. The Morgan fingerprint density at radius 3 is 2.74 bits per heavy atom. The van der Waals surface area contributed by atoms with Crippen molar-refractivity contribution in [1.29, 1.82) is 0 Å². The summed E-state index contributed by atoms with van der Waals surface area (Å²) in [4.78, 5) is 23.5. The Morgan fingerprint density at radius 1 is 1.47 bits per heavy atom. The summed E-state index contributed by atoms with van der Waals surface area (Å²) in [6.07, 6.45) is -0.0671. The third-order valence-corrected chi connectivity index (χ3v) is 3.69. The maximum atomic E-state index is 11.7. The fourth-order valence-electron chi connectivity index (χ4n) is 1.34. The van der Waals surface area contributed by atoms with Crippen molar-refractivity contribution in [2.75, 3.05) is 13.6 Å². The van der Waals surface area contributed by atoms with Gasteiger partial charge in [-0.2, -0.15) is 0 Å². The van der Waals surface area contributed by atoms with E-state index in [-0.39, 0.29) is 19.0 Å². The van der Waals surface area contributed by atoms with Gasteiger partial charge in [-0.3, -0.25) is 4.79 Å². The molecule has 0 aliphatic carbocycles. The highest BCUT2D eigenvalue weighted by molar-refractivity contribution is 14.1.